The maximum Gasteiger partial charge on any atom is 0.311 e. The van der Waals surface area contributed by atoms with Gasteiger partial charge in [0, 0.05) is 11.4 Å². The van der Waals surface area contributed by atoms with E-state index in [-0.39, 0.29) is 5.97 Å². The predicted octanol–water partition coefficient (Wildman–Crippen LogP) is 6.02. The Kier molecular flexibility index (Phi) is 7.81. The number of carbonyl (C=O) groups is 1. The standard InChI is InChI=1S/C18H27ClO2/c1-18(2,3)14-8-6-4-5-7-9-17(20)21-16-12-10-15(19)11-13-16/h10-13H,4-9,14H2,1-3H3. The molecule has 0 radical (unpaired) electrons. The Morgan fingerprint density at radius 1 is 1.00 bits per heavy atom. The summed E-state index contributed by atoms with van der Waals surface area (Å²) in [6, 6.07) is 6.87. The van der Waals surface area contributed by atoms with Crippen LogP contribution in [-0.4, -0.2) is 5.97 Å². The molecule has 3 heteroatoms. The summed E-state index contributed by atoms with van der Waals surface area (Å²) in [6.07, 6.45) is 7.49. The zero-order valence-corrected chi connectivity index (χ0v) is 14.2. The summed E-state index contributed by atoms with van der Waals surface area (Å²) in [7, 11) is 0. The summed E-state index contributed by atoms with van der Waals surface area (Å²) in [5.41, 5.74) is 0.433. The molecule has 0 N–H and O–H groups in total. The lowest BCUT2D eigenvalue weighted by Crippen LogP contribution is -2.07. The van der Waals surface area contributed by atoms with Gasteiger partial charge in [0.1, 0.15) is 5.75 Å². The second kappa shape index (κ2) is 9.09. The molecule has 0 aliphatic heterocycles. The first-order valence-electron chi connectivity index (χ1n) is 7.83. The molecule has 0 heterocycles. The van der Waals surface area contributed by atoms with Crippen molar-refractivity contribution in [3.8, 4) is 5.75 Å². The number of hydrogen-bond donors (Lipinski definition) is 0. The van der Waals surface area contributed by atoms with Gasteiger partial charge in [0.25, 0.3) is 0 Å². The van der Waals surface area contributed by atoms with Crippen LogP contribution in [0.1, 0.15) is 65.7 Å². The highest BCUT2D eigenvalue weighted by Crippen LogP contribution is 2.22. The zero-order chi connectivity index (χ0) is 15.7. The Balaban J connectivity index is 2.05. The summed E-state index contributed by atoms with van der Waals surface area (Å²) >= 11 is 5.78. The Morgan fingerprint density at radius 2 is 1.57 bits per heavy atom. The third-order valence-electron chi connectivity index (χ3n) is 3.35. The molecule has 0 aromatic heterocycles. The van der Waals surface area contributed by atoms with E-state index in [2.05, 4.69) is 20.8 Å². The van der Waals surface area contributed by atoms with Crippen LogP contribution in [0.3, 0.4) is 0 Å². The maximum absolute atomic E-state index is 11.7. The van der Waals surface area contributed by atoms with Crippen molar-refractivity contribution in [3.05, 3.63) is 29.3 Å². The van der Waals surface area contributed by atoms with Crippen LogP contribution in [0.5, 0.6) is 5.75 Å². The van der Waals surface area contributed by atoms with E-state index in [0.717, 1.165) is 12.8 Å². The van der Waals surface area contributed by atoms with Gasteiger partial charge in [0.15, 0.2) is 0 Å². The van der Waals surface area contributed by atoms with E-state index >= 15 is 0 Å². The molecule has 0 amide bonds. The van der Waals surface area contributed by atoms with Crippen LogP contribution in [0.4, 0.5) is 0 Å². The Hall–Kier alpha value is -1.02. The van der Waals surface area contributed by atoms with Crippen molar-refractivity contribution in [1.82, 2.24) is 0 Å². The van der Waals surface area contributed by atoms with Crippen molar-refractivity contribution < 1.29 is 9.53 Å². The molecule has 0 atom stereocenters. The van der Waals surface area contributed by atoms with Crippen molar-refractivity contribution in [3.63, 3.8) is 0 Å². The van der Waals surface area contributed by atoms with E-state index in [1.807, 2.05) is 0 Å². The van der Waals surface area contributed by atoms with Crippen LogP contribution in [-0.2, 0) is 4.79 Å². The summed E-state index contributed by atoms with van der Waals surface area (Å²) < 4.78 is 5.24. The molecule has 1 aromatic carbocycles. The van der Waals surface area contributed by atoms with E-state index in [4.69, 9.17) is 16.3 Å². The van der Waals surface area contributed by atoms with Gasteiger partial charge in [-0.25, -0.2) is 0 Å². The van der Waals surface area contributed by atoms with E-state index in [0.29, 0.717) is 22.6 Å². The fraction of sp³-hybridized carbons (Fsp3) is 0.611. The smallest absolute Gasteiger partial charge is 0.311 e. The first kappa shape index (κ1) is 18.0. The van der Waals surface area contributed by atoms with Gasteiger partial charge in [-0.2, -0.15) is 0 Å². The molecule has 21 heavy (non-hydrogen) atoms. The molecular weight excluding hydrogens is 284 g/mol. The van der Waals surface area contributed by atoms with Crippen molar-refractivity contribution in [2.75, 3.05) is 0 Å². The van der Waals surface area contributed by atoms with Gasteiger partial charge in [0.05, 0.1) is 0 Å². The SMILES string of the molecule is CC(C)(C)CCCCCCCC(=O)Oc1ccc(Cl)cc1. The first-order chi connectivity index (χ1) is 9.87. The number of rotatable bonds is 8. The molecule has 0 fully saturated rings. The number of ether oxygens (including phenoxy) is 1. The molecule has 0 aliphatic rings. The third kappa shape index (κ3) is 9.52. The van der Waals surface area contributed by atoms with E-state index in [1.54, 1.807) is 24.3 Å². The summed E-state index contributed by atoms with van der Waals surface area (Å²) in [5, 5.41) is 0.644. The molecule has 0 unspecified atom stereocenters. The maximum atomic E-state index is 11.7. The molecule has 1 rings (SSSR count). The molecule has 1 aromatic rings. The number of hydrogen-bond acceptors (Lipinski definition) is 2. The van der Waals surface area contributed by atoms with Gasteiger partial charge in [-0.3, -0.25) is 4.79 Å². The summed E-state index contributed by atoms with van der Waals surface area (Å²) in [5.74, 6) is 0.404. The molecule has 2 nitrogen and oxygen atoms in total. The average Bonchev–Trinajstić information content (AvgIpc) is 2.39. The zero-order valence-electron chi connectivity index (χ0n) is 13.5. The molecule has 118 valence electrons. The van der Waals surface area contributed by atoms with Crippen LogP contribution >= 0.6 is 11.6 Å². The second-order valence-electron chi connectivity index (χ2n) is 6.76. The number of carbonyl (C=O) groups excluding carboxylic acids is 1. The minimum atomic E-state index is -0.160. The first-order valence-corrected chi connectivity index (χ1v) is 8.21. The van der Waals surface area contributed by atoms with Gasteiger partial charge in [-0.1, -0.05) is 58.1 Å². The summed E-state index contributed by atoms with van der Waals surface area (Å²) in [6.45, 7) is 6.83. The topological polar surface area (TPSA) is 26.3 Å². The molecule has 0 saturated carbocycles. The number of unbranched alkanes of at least 4 members (excludes halogenated alkanes) is 4. The van der Waals surface area contributed by atoms with Crippen LogP contribution in [0.2, 0.25) is 5.02 Å². The van der Waals surface area contributed by atoms with E-state index < -0.39 is 0 Å². The van der Waals surface area contributed by atoms with Crippen LogP contribution in [0.15, 0.2) is 24.3 Å². The molecule has 0 aliphatic carbocycles. The lowest BCUT2D eigenvalue weighted by Gasteiger charge is -2.17. The monoisotopic (exact) mass is 310 g/mol. The molecular formula is C18H27ClO2. The van der Waals surface area contributed by atoms with Gasteiger partial charge in [-0.15, -0.1) is 0 Å². The Labute approximate surface area is 133 Å². The van der Waals surface area contributed by atoms with Crippen LogP contribution in [0.25, 0.3) is 0 Å². The molecule has 0 spiro atoms. The van der Waals surface area contributed by atoms with Crippen LogP contribution in [0, 0.1) is 5.41 Å². The third-order valence-corrected chi connectivity index (χ3v) is 3.60. The largest absolute Gasteiger partial charge is 0.427 e. The highest BCUT2D eigenvalue weighted by atomic mass is 35.5. The van der Waals surface area contributed by atoms with E-state index in [9.17, 15) is 4.79 Å². The lowest BCUT2D eigenvalue weighted by atomic mass is 9.89. The highest BCUT2D eigenvalue weighted by molar-refractivity contribution is 6.30. The number of halogens is 1. The fourth-order valence-corrected chi connectivity index (χ4v) is 2.27. The second-order valence-corrected chi connectivity index (χ2v) is 7.19. The summed E-state index contributed by atoms with van der Waals surface area (Å²) in [4.78, 5) is 11.7. The van der Waals surface area contributed by atoms with Crippen molar-refractivity contribution in [2.45, 2.75) is 65.7 Å². The fourth-order valence-electron chi connectivity index (χ4n) is 2.14. The van der Waals surface area contributed by atoms with Crippen molar-refractivity contribution in [1.29, 1.82) is 0 Å². The quantitative estimate of drug-likeness (QED) is 0.333. The molecule has 0 saturated heterocycles. The van der Waals surface area contributed by atoms with Crippen molar-refractivity contribution in [2.24, 2.45) is 5.41 Å². The van der Waals surface area contributed by atoms with E-state index in [1.165, 1.54) is 25.7 Å². The average molecular weight is 311 g/mol. The molecule has 0 bridgehead atoms. The lowest BCUT2D eigenvalue weighted by molar-refractivity contribution is -0.134. The Morgan fingerprint density at radius 3 is 2.19 bits per heavy atom. The normalized spacial score (nSPS) is 11.4. The number of benzene rings is 1. The van der Waals surface area contributed by atoms with Gasteiger partial charge in [0.2, 0.25) is 0 Å². The van der Waals surface area contributed by atoms with Crippen LogP contribution < -0.4 is 4.74 Å². The minimum Gasteiger partial charge on any atom is -0.427 e. The Bertz CT molecular complexity index is 418. The van der Waals surface area contributed by atoms with Gasteiger partial charge < -0.3 is 4.74 Å². The minimum absolute atomic E-state index is 0.160. The number of esters is 1. The van der Waals surface area contributed by atoms with Gasteiger partial charge >= 0.3 is 5.97 Å². The van der Waals surface area contributed by atoms with Crippen molar-refractivity contribution >= 4 is 17.6 Å². The highest BCUT2D eigenvalue weighted by Gasteiger charge is 2.09. The predicted molar refractivity (Wildman–Crippen MR) is 88.9 cm³/mol. The van der Waals surface area contributed by atoms with Gasteiger partial charge in [-0.05, 0) is 42.5 Å².